The average molecular weight is 232 g/mol. The lowest BCUT2D eigenvalue weighted by atomic mass is 9.84. The monoisotopic (exact) mass is 232 g/mol. The van der Waals surface area contributed by atoms with E-state index in [1.165, 1.54) is 19.3 Å². The van der Waals surface area contributed by atoms with E-state index in [1.54, 1.807) is 7.11 Å². The second kappa shape index (κ2) is 5.35. The van der Waals surface area contributed by atoms with Crippen LogP contribution >= 0.6 is 0 Å². The lowest BCUT2D eigenvalue weighted by Crippen LogP contribution is -2.17. The minimum atomic E-state index is 0.233. The summed E-state index contributed by atoms with van der Waals surface area (Å²) in [6.07, 6.45) is 5.77. The first-order valence-electron chi connectivity index (χ1n) is 6.41. The molecular formula is C15H20O2. The number of Topliss-reactive ketones (excluding diaryl/α,β-unsaturated/α-hetero) is 1. The summed E-state index contributed by atoms with van der Waals surface area (Å²) in [5.74, 6) is 1.34. The summed E-state index contributed by atoms with van der Waals surface area (Å²) < 4.78 is 5.27. The summed E-state index contributed by atoms with van der Waals surface area (Å²) in [5.41, 5.74) is 1.88. The minimum Gasteiger partial charge on any atom is -0.496 e. The number of hydrogen-bond acceptors (Lipinski definition) is 2. The third-order valence-electron chi connectivity index (χ3n) is 3.67. The molecule has 17 heavy (non-hydrogen) atoms. The first-order chi connectivity index (χ1) is 8.22. The van der Waals surface area contributed by atoms with Gasteiger partial charge in [0.05, 0.1) is 7.11 Å². The van der Waals surface area contributed by atoms with E-state index in [0.717, 1.165) is 29.7 Å². The molecule has 0 heterocycles. The number of ether oxygens (including phenoxy) is 1. The normalized spacial score (nSPS) is 16.8. The van der Waals surface area contributed by atoms with Crippen molar-refractivity contribution in [2.45, 2.75) is 39.0 Å². The standard InChI is InChI=1S/C15H20O2/c1-11-8-9-13(10-14(11)17-2)15(16)12-6-4-3-5-7-12/h8-10,12H,3-7H2,1-2H3. The van der Waals surface area contributed by atoms with Gasteiger partial charge in [0.25, 0.3) is 0 Å². The molecule has 1 aliphatic carbocycles. The van der Waals surface area contributed by atoms with Crippen molar-refractivity contribution in [2.24, 2.45) is 5.92 Å². The number of methoxy groups -OCH3 is 1. The smallest absolute Gasteiger partial charge is 0.166 e. The van der Waals surface area contributed by atoms with Crippen molar-refractivity contribution in [3.8, 4) is 5.75 Å². The molecule has 0 amide bonds. The Hall–Kier alpha value is -1.31. The molecule has 2 nitrogen and oxygen atoms in total. The van der Waals surface area contributed by atoms with E-state index < -0.39 is 0 Å². The lowest BCUT2D eigenvalue weighted by Gasteiger charge is -2.20. The second-order valence-electron chi connectivity index (χ2n) is 4.88. The summed E-state index contributed by atoms with van der Waals surface area (Å²) in [7, 11) is 1.65. The SMILES string of the molecule is COc1cc(C(=O)C2CCCCC2)ccc1C. The maximum Gasteiger partial charge on any atom is 0.166 e. The van der Waals surface area contributed by atoms with Crippen molar-refractivity contribution in [3.63, 3.8) is 0 Å². The van der Waals surface area contributed by atoms with Crippen LogP contribution in [-0.4, -0.2) is 12.9 Å². The van der Waals surface area contributed by atoms with E-state index in [-0.39, 0.29) is 5.92 Å². The van der Waals surface area contributed by atoms with Crippen LogP contribution in [0.4, 0.5) is 0 Å². The minimum absolute atomic E-state index is 0.233. The molecule has 1 fully saturated rings. The first-order valence-corrected chi connectivity index (χ1v) is 6.41. The van der Waals surface area contributed by atoms with Crippen LogP contribution in [-0.2, 0) is 0 Å². The lowest BCUT2D eigenvalue weighted by molar-refractivity contribution is 0.0889. The van der Waals surface area contributed by atoms with Gasteiger partial charge in [0, 0.05) is 11.5 Å². The molecular weight excluding hydrogens is 212 g/mol. The topological polar surface area (TPSA) is 26.3 Å². The molecule has 1 aliphatic rings. The van der Waals surface area contributed by atoms with E-state index >= 15 is 0 Å². The van der Waals surface area contributed by atoms with Gasteiger partial charge in [0.15, 0.2) is 5.78 Å². The van der Waals surface area contributed by atoms with Gasteiger partial charge in [-0.15, -0.1) is 0 Å². The van der Waals surface area contributed by atoms with Gasteiger partial charge in [-0.05, 0) is 31.4 Å². The molecule has 0 atom stereocenters. The van der Waals surface area contributed by atoms with E-state index in [4.69, 9.17) is 4.74 Å². The number of ketones is 1. The third kappa shape index (κ3) is 2.68. The Morgan fingerprint density at radius 2 is 1.94 bits per heavy atom. The van der Waals surface area contributed by atoms with E-state index in [1.807, 2.05) is 25.1 Å². The van der Waals surface area contributed by atoms with Gasteiger partial charge < -0.3 is 4.74 Å². The zero-order valence-corrected chi connectivity index (χ0v) is 10.7. The quantitative estimate of drug-likeness (QED) is 0.741. The molecule has 1 saturated carbocycles. The Morgan fingerprint density at radius 3 is 2.59 bits per heavy atom. The Kier molecular flexibility index (Phi) is 3.82. The molecule has 0 bridgehead atoms. The number of rotatable bonds is 3. The van der Waals surface area contributed by atoms with Crippen molar-refractivity contribution < 1.29 is 9.53 Å². The molecule has 2 heteroatoms. The molecule has 1 aromatic carbocycles. The summed E-state index contributed by atoms with van der Waals surface area (Å²) in [4.78, 5) is 12.3. The van der Waals surface area contributed by atoms with Crippen LogP contribution in [0.3, 0.4) is 0 Å². The maximum atomic E-state index is 12.3. The van der Waals surface area contributed by atoms with Crippen LogP contribution in [0.1, 0.15) is 48.0 Å². The zero-order chi connectivity index (χ0) is 12.3. The van der Waals surface area contributed by atoms with E-state index in [9.17, 15) is 4.79 Å². The Bertz CT molecular complexity index is 403. The Morgan fingerprint density at radius 1 is 1.24 bits per heavy atom. The van der Waals surface area contributed by atoms with Crippen LogP contribution in [0.15, 0.2) is 18.2 Å². The molecule has 0 N–H and O–H groups in total. The van der Waals surface area contributed by atoms with Gasteiger partial charge in [-0.3, -0.25) is 4.79 Å². The largest absolute Gasteiger partial charge is 0.496 e. The fraction of sp³-hybridized carbons (Fsp3) is 0.533. The molecule has 0 aliphatic heterocycles. The summed E-state index contributed by atoms with van der Waals surface area (Å²) in [5, 5.41) is 0. The van der Waals surface area contributed by atoms with Gasteiger partial charge in [-0.25, -0.2) is 0 Å². The fourth-order valence-electron chi connectivity index (χ4n) is 2.57. The maximum absolute atomic E-state index is 12.3. The Balaban J connectivity index is 2.18. The van der Waals surface area contributed by atoms with Crippen molar-refractivity contribution >= 4 is 5.78 Å². The van der Waals surface area contributed by atoms with Gasteiger partial charge in [-0.1, -0.05) is 31.4 Å². The van der Waals surface area contributed by atoms with Crippen molar-refractivity contribution in [1.29, 1.82) is 0 Å². The number of hydrogen-bond donors (Lipinski definition) is 0. The molecule has 2 rings (SSSR count). The van der Waals surface area contributed by atoms with Crippen molar-refractivity contribution in [1.82, 2.24) is 0 Å². The number of carbonyl (C=O) groups excluding carboxylic acids is 1. The summed E-state index contributed by atoms with van der Waals surface area (Å²) in [6, 6.07) is 5.77. The average Bonchev–Trinajstić information content (AvgIpc) is 2.39. The molecule has 1 aromatic rings. The first kappa shape index (κ1) is 12.2. The molecule has 0 saturated heterocycles. The number of aryl methyl sites for hydroxylation is 1. The zero-order valence-electron chi connectivity index (χ0n) is 10.7. The summed E-state index contributed by atoms with van der Waals surface area (Å²) in [6.45, 7) is 1.99. The number of benzene rings is 1. The van der Waals surface area contributed by atoms with Gasteiger partial charge in [-0.2, -0.15) is 0 Å². The highest BCUT2D eigenvalue weighted by Gasteiger charge is 2.22. The molecule has 0 radical (unpaired) electrons. The van der Waals surface area contributed by atoms with Gasteiger partial charge >= 0.3 is 0 Å². The van der Waals surface area contributed by atoms with Gasteiger partial charge in [0.1, 0.15) is 5.75 Å². The van der Waals surface area contributed by atoms with E-state index in [0.29, 0.717) is 5.78 Å². The van der Waals surface area contributed by atoms with Crippen LogP contribution in [0.5, 0.6) is 5.75 Å². The van der Waals surface area contributed by atoms with Crippen LogP contribution in [0.2, 0.25) is 0 Å². The third-order valence-corrected chi connectivity index (χ3v) is 3.67. The van der Waals surface area contributed by atoms with E-state index in [2.05, 4.69) is 0 Å². The summed E-state index contributed by atoms with van der Waals surface area (Å²) >= 11 is 0. The highest BCUT2D eigenvalue weighted by molar-refractivity contribution is 5.98. The Labute approximate surface area is 103 Å². The highest BCUT2D eigenvalue weighted by Crippen LogP contribution is 2.28. The second-order valence-corrected chi connectivity index (χ2v) is 4.88. The van der Waals surface area contributed by atoms with Gasteiger partial charge in [0.2, 0.25) is 0 Å². The van der Waals surface area contributed by atoms with Crippen LogP contribution in [0.25, 0.3) is 0 Å². The van der Waals surface area contributed by atoms with Crippen molar-refractivity contribution in [2.75, 3.05) is 7.11 Å². The van der Waals surface area contributed by atoms with Crippen LogP contribution in [0, 0.1) is 12.8 Å². The van der Waals surface area contributed by atoms with Crippen LogP contribution < -0.4 is 4.74 Å². The predicted octanol–water partition coefficient (Wildman–Crippen LogP) is 3.77. The number of carbonyl (C=O) groups is 1. The van der Waals surface area contributed by atoms with Crippen molar-refractivity contribution in [3.05, 3.63) is 29.3 Å². The highest BCUT2D eigenvalue weighted by atomic mass is 16.5. The fourth-order valence-corrected chi connectivity index (χ4v) is 2.57. The predicted molar refractivity (Wildman–Crippen MR) is 68.6 cm³/mol. The molecule has 0 aromatic heterocycles. The molecule has 0 unspecified atom stereocenters. The molecule has 0 spiro atoms. The molecule has 92 valence electrons.